The lowest BCUT2D eigenvalue weighted by Gasteiger charge is -2.33. The average Bonchev–Trinajstić information content (AvgIpc) is 3.18. The number of hydrogen-bond donors (Lipinski definition) is 1. The van der Waals surface area contributed by atoms with Gasteiger partial charge in [0.15, 0.2) is 0 Å². The maximum atomic E-state index is 13.0. The monoisotopic (exact) mass is 386 g/mol. The van der Waals surface area contributed by atoms with Crippen molar-refractivity contribution in [3.05, 3.63) is 53.9 Å². The van der Waals surface area contributed by atoms with E-state index in [0.717, 1.165) is 31.6 Å². The van der Waals surface area contributed by atoms with E-state index < -0.39 is 0 Å². The van der Waals surface area contributed by atoms with Crippen LogP contribution < -0.4 is 5.32 Å². The summed E-state index contributed by atoms with van der Waals surface area (Å²) in [6.07, 6.45) is 6.90. The number of hydrogen-bond acceptors (Lipinski definition) is 3. The van der Waals surface area contributed by atoms with E-state index in [1.165, 1.54) is 24.3 Å². The zero-order valence-electron chi connectivity index (χ0n) is 16.2. The zero-order chi connectivity index (χ0) is 19.9. The van der Waals surface area contributed by atoms with Crippen molar-refractivity contribution >= 4 is 11.8 Å². The summed E-state index contributed by atoms with van der Waals surface area (Å²) in [4.78, 5) is 31.0. The SMILES string of the molecule is CCc1nccn1CCC(=O)N1CCC[C@@H](CNC(=O)c2ccc(F)cc2)C1. The minimum atomic E-state index is -0.361. The van der Waals surface area contributed by atoms with Crippen LogP contribution in [0.3, 0.4) is 0 Å². The van der Waals surface area contributed by atoms with Crippen LogP contribution in [0, 0.1) is 11.7 Å². The van der Waals surface area contributed by atoms with E-state index in [9.17, 15) is 14.0 Å². The third-order valence-electron chi connectivity index (χ3n) is 5.21. The van der Waals surface area contributed by atoms with Crippen LogP contribution in [0.1, 0.15) is 42.4 Å². The fourth-order valence-corrected chi connectivity index (χ4v) is 3.63. The predicted octanol–water partition coefficient (Wildman–Crippen LogP) is 2.64. The number of aryl methyl sites for hydroxylation is 2. The number of halogens is 1. The largest absolute Gasteiger partial charge is 0.352 e. The average molecular weight is 386 g/mol. The number of nitrogens with zero attached hydrogens (tertiary/aromatic N) is 3. The van der Waals surface area contributed by atoms with Crippen LogP contribution >= 0.6 is 0 Å². The number of likely N-dealkylation sites (tertiary alicyclic amines) is 1. The maximum Gasteiger partial charge on any atom is 0.251 e. The minimum absolute atomic E-state index is 0.144. The third kappa shape index (κ3) is 5.18. The number of amides is 2. The molecule has 0 radical (unpaired) electrons. The van der Waals surface area contributed by atoms with Gasteiger partial charge in [-0.05, 0) is 43.0 Å². The second-order valence-electron chi connectivity index (χ2n) is 7.21. The van der Waals surface area contributed by atoms with Gasteiger partial charge in [0.1, 0.15) is 11.6 Å². The first-order chi connectivity index (χ1) is 13.6. The van der Waals surface area contributed by atoms with Gasteiger partial charge in [0.2, 0.25) is 5.91 Å². The van der Waals surface area contributed by atoms with Crippen LogP contribution in [-0.2, 0) is 17.8 Å². The van der Waals surface area contributed by atoms with Gasteiger partial charge in [-0.2, -0.15) is 0 Å². The van der Waals surface area contributed by atoms with E-state index in [2.05, 4.69) is 17.2 Å². The molecule has 1 N–H and O–H groups in total. The molecule has 7 heteroatoms. The number of imidazole rings is 1. The summed E-state index contributed by atoms with van der Waals surface area (Å²) in [5.74, 6) is 0.801. The Balaban J connectivity index is 1.46. The molecule has 0 aliphatic carbocycles. The van der Waals surface area contributed by atoms with Gasteiger partial charge < -0.3 is 14.8 Å². The summed E-state index contributed by atoms with van der Waals surface area (Å²) in [7, 11) is 0. The number of nitrogens with one attached hydrogen (secondary N) is 1. The number of benzene rings is 1. The van der Waals surface area contributed by atoms with E-state index in [1.54, 1.807) is 6.20 Å². The number of piperidine rings is 1. The Morgan fingerprint density at radius 2 is 2.07 bits per heavy atom. The Labute approximate surface area is 164 Å². The molecule has 0 bridgehead atoms. The quantitative estimate of drug-likeness (QED) is 0.796. The first-order valence-electron chi connectivity index (χ1n) is 9.88. The molecule has 1 aromatic heterocycles. The molecule has 6 nitrogen and oxygen atoms in total. The lowest BCUT2D eigenvalue weighted by atomic mass is 9.97. The first kappa shape index (κ1) is 20.0. The molecule has 2 amide bonds. The highest BCUT2D eigenvalue weighted by molar-refractivity contribution is 5.94. The van der Waals surface area contributed by atoms with Gasteiger partial charge in [0.05, 0.1) is 0 Å². The van der Waals surface area contributed by atoms with Crippen molar-refractivity contribution in [2.75, 3.05) is 19.6 Å². The van der Waals surface area contributed by atoms with Gasteiger partial charge in [-0.15, -0.1) is 0 Å². The molecule has 3 rings (SSSR count). The van der Waals surface area contributed by atoms with Crippen molar-refractivity contribution < 1.29 is 14.0 Å². The molecule has 2 aromatic rings. The standard InChI is InChI=1S/C21H27FN4O2/c1-2-19-23-10-13-25(19)12-9-20(27)26-11-3-4-16(15-26)14-24-21(28)17-5-7-18(22)8-6-17/h5-8,10,13,16H,2-4,9,11-12,14-15H2,1H3,(H,24,28)/t16-/m0/s1. The van der Waals surface area contributed by atoms with E-state index in [1.807, 2.05) is 15.7 Å². The number of rotatable bonds is 7. The molecule has 150 valence electrons. The Bertz CT molecular complexity index is 803. The Hall–Kier alpha value is -2.70. The molecule has 1 fully saturated rings. The number of carbonyl (C=O) groups is 2. The van der Waals surface area contributed by atoms with Gasteiger partial charge in [-0.25, -0.2) is 9.37 Å². The highest BCUT2D eigenvalue weighted by atomic mass is 19.1. The van der Waals surface area contributed by atoms with E-state index >= 15 is 0 Å². The molecule has 2 heterocycles. The van der Waals surface area contributed by atoms with Crippen LogP contribution in [0.4, 0.5) is 4.39 Å². The van der Waals surface area contributed by atoms with E-state index in [-0.39, 0.29) is 23.5 Å². The van der Waals surface area contributed by atoms with Crippen LogP contribution in [0.15, 0.2) is 36.7 Å². The normalized spacial score (nSPS) is 16.8. The lowest BCUT2D eigenvalue weighted by molar-refractivity contribution is -0.133. The smallest absolute Gasteiger partial charge is 0.251 e. The van der Waals surface area contributed by atoms with Crippen LogP contribution in [0.25, 0.3) is 0 Å². The zero-order valence-corrected chi connectivity index (χ0v) is 16.2. The molecular formula is C21H27FN4O2. The van der Waals surface area contributed by atoms with Gasteiger partial charge in [0.25, 0.3) is 5.91 Å². The van der Waals surface area contributed by atoms with Crippen LogP contribution in [-0.4, -0.2) is 45.9 Å². The molecule has 28 heavy (non-hydrogen) atoms. The molecule has 1 saturated heterocycles. The molecule has 1 atom stereocenters. The van der Waals surface area contributed by atoms with Crippen molar-refractivity contribution in [3.8, 4) is 0 Å². The molecule has 1 aliphatic heterocycles. The molecule has 0 spiro atoms. The molecule has 0 unspecified atom stereocenters. The highest BCUT2D eigenvalue weighted by Crippen LogP contribution is 2.17. The van der Waals surface area contributed by atoms with Crippen LogP contribution in [0.2, 0.25) is 0 Å². The van der Waals surface area contributed by atoms with Gasteiger partial charge >= 0.3 is 0 Å². The second kappa shape index (κ2) is 9.48. The van der Waals surface area contributed by atoms with E-state index in [0.29, 0.717) is 31.6 Å². The molecular weight excluding hydrogens is 359 g/mol. The van der Waals surface area contributed by atoms with Crippen LogP contribution in [0.5, 0.6) is 0 Å². The maximum absolute atomic E-state index is 13.0. The summed E-state index contributed by atoms with van der Waals surface area (Å²) in [5.41, 5.74) is 0.442. The van der Waals surface area contributed by atoms with Crippen molar-refractivity contribution in [3.63, 3.8) is 0 Å². The fourth-order valence-electron chi connectivity index (χ4n) is 3.63. The molecule has 1 aromatic carbocycles. The third-order valence-corrected chi connectivity index (χ3v) is 5.21. The van der Waals surface area contributed by atoms with Crippen molar-refractivity contribution in [2.45, 2.75) is 39.2 Å². The Kier molecular flexibility index (Phi) is 6.79. The first-order valence-corrected chi connectivity index (χ1v) is 9.88. The fraction of sp³-hybridized carbons (Fsp3) is 0.476. The summed E-state index contributed by atoms with van der Waals surface area (Å²) >= 11 is 0. The van der Waals surface area contributed by atoms with E-state index in [4.69, 9.17) is 0 Å². The van der Waals surface area contributed by atoms with Crippen molar-refractivity contribution in [2.24, 2.45) is 5.92 Å². The lowest BCUT2D eigenvalue weighted by Crippen LogP contribution is -2.44. The summed E-state index contributed by atoms with van der Waals surface area (Å²) in [6.45, 7) is 4.64. The topological polar surface area (TPSA) is 67.2 Å². The van der Waals surface area contributed by atoms with Crippen molar-refractivity contribution in [1.29, 1.82) is 0 Å². The summed E-state index contributed by atoms with van der Waals surface area (Å²) in [6, 6.07) is 5.50. The summed E-state index contributed by atoms with van der Waals surface area (Å²) in [5, 5.41) is 2.91. The molecule has 1 aliphatic rings. The van der Waals surface area contributed by atoms with Gasteiger partial charge in [-0.1, -0.05) is 6.92 Å². The Morgan fingerprint density at radius 3 is 2.82 bits per heavy atom. The van der Waals surface area contributed by atoms with Gasteiger partial charge in [0, 0.05) is 57.0 Å². The number of carbonyl (C=O) groups excluding carboxylic acids is 2. The summed E-state index contributed by atoms with van der Waals surface area (Å²) < 4.78 is 15.0. The number of aromatic nitrogens is 2. The Morgan fingerprint density at radius 1 is 1.29 bits per heavy atom. The van der Waals surface area contributed by atoms with Crippen molar-refractivity contribution in [1.82, 2.24) is 19.8 Å². The highest BCUT2D eigenvalue weighted by Gasteiger charge is 2.24. The van der Waals surface area contributed by atoms with Gasteiger partial charge in [-0.3, -0.25) is 9.59 Å². The predicted molar refractivity (Wildman–Crippen MR) is 104 cm³/mol. The second-order valence-corrected chi connectivity index (χ2v) is 7.21. The molecule has 0 saturated carbocycles. The minimum Gasteiger partial charge on any atom is -0.352 e.